The quantitative estimate of drug-likeness (QED) is 0.922. The molecule has 0 aliphatic carbocycles. The minimum absolute atomic E-state index is 0.776. The lowest BCUT2D eigenvalue weighted by molar-refractivity contribution is 0.123. The summed E-state index contributed by atoms with van der Waals surface area (Å²) in [6.45, 7) is 4.28. The van der Waals surface area contributed by atoms with Crippen LogP contribution in [-0.2, 0) is 18.3 Å². The first-order valence-electron chi connectivity index (χ1n) is 6.95. The van der Waals surface area contributed by atoms with Crippen molar-refractivity contribution in [2.45, 2.75) is 6.54 Å². The Morgan fingerprint density at radius 3 is 2.80 bits per heavy atom. The number of para-hydroxylation sites is 2. The van der Waals surface area contributed by atoms with Gasteiger partial charge in [0.05, 0.1) is 43.2 Å². The van der Waals surface area contributed by atoms with Gasteiger partial charge in [0.15, 0.2) is 0 Å². The van der Waals surface area contributed by atoms with Gasteiger partial charge < -0.3 is 19.5 Å². The molecule has 2 aromatic rings. The van der Waals surface area contributed by atoms with Crippen molar-refractivity contribution < 1.29 is 4.74 Å². The zero-order valence-corrected chi connectivity index (χ0v) is 11.7. The summed E-state index contributed by atoms with van der Waals surface area (Å²) in [5.41, 5.74) is 3.58. The molecule has 0 radical (unpaired) electrons. The number of morpholine rings is 1. The van der Waals surface area contributed by atoms with Crippen molar-refractivity contribution in [3.05, 3.63) is 42.5 Å². The van der Waals surface area contributed by atoms with Crippen LogP contribution >= 0.6 is 0 Å². The Balaban J connectivity index is 1.74. The van der Waals surface area contributed by atoms with Gasteiger partial charge in [0.2, 0.25) is 0 Å². The van der Waals surface area contributed by atoms with E-state index in [0.29, 0.717) is 0 Å². The molecule has 1 saturated heterocycles. The van der Waals surface area contributed by atoms with Crippen LogP contribution in [0.4, 0.5) is 11.4 Å². The number of anilines is 2. The first-order valence-corrected chi connectivity index (χ1v) is 6.95. The van der Waals surface area contributed by atoms with Gasteiger partial charge in [-0.25, -0.2) is 4.98 Å². The smallest absolute Gasteiger partial charge is 0.0946 e. The number of aromatic nitrogens is 2. The van der Waals surface area contributed by atoms with Crippen LogP contribution < -0.4 is 10.2 Å². The molecule has 5 heteroatoms. The number of aryl methyl sites for hydroxylation is 1. The number of nitrogens with zero attached hydrogens (tertiary/aromatic N) is 3. The second kappa shape index (κ2) is 5.96. The van der Waals surface area contributed by atoms with Crippen LogP contribution in [0.3, 0.4) is 0 Å². The predicted octanol–water partition coefficient (Wildman–Crippen LogP) is 1.87. The van der Waals surface area contributed by atoms with E-state index in [9.17, 15) is 0 Å². The Morgan fingerprint density at radius 2 is 2.05 bits per heavy atom. The Morgan fingerprint density at radius 1 is 1.25 bits per heavy atom. The van der Waals surface area contributed by atoms with E-state index in [2.05, 4.69) is 39.5 Å². The molecule has 0 bridgehead atoms. The van der Waals surface area contributed by atoms with Gasteiger partial charge in [-0.3, -0.25) is 0 Å². The van der Waals surface area contributed by atoms with Crippen LogP contribution in [0.15, 0.2) is 36.8 Å². The Kier molecular flexibility index (Phi) is 3.87. The maximum atomic E-state index is 5.42. The minimum Gasteiger partial charge on any atom is -0.378 e. The Labute approximate surface area is 119 Å². The predicted molar refractivity (Wildman–Crippen MR) is 80.0 cm³/mol. The van der Waals surface area contributed by atoms with Crippen molar-refractivity contribution >= 4 is 11.4 Å². The molecule has 1 aromatic heterocycles. The van der Waals surface area contributed by atoms with E-state index >= 15 is 0 Å². The van der Waals surface area contributed by atoms with Crippen LogP contribution in [0.5, 0.6) is 0 Å². The summed E-state index contributed by atoms with van der Waals surface area (Å²) in [6.07, 6.45) is 3.72. The summed E-state index contributed by atoms with van der Waals surface area (Å²) in [5.74, 6) is 0. The second-order valence-electron chi connectivity index (χ2n) is 4.97. The van der Waals surface area contributed by atoms with E-state index in [0.717, 1.165) is 38.5 Å². The molecule has 0 saturated carbocycles. The van der Waals surface area contributed by atoms with Crippen molar-refractivity contribution in [1.82, 2.24) is 9.55 Å². The van der Waals surface area contributed by atoms with Crippen molar-refractivity contribution in [2.24, 2.45) is 7.05 Å². The summed E-state index contributed by atoms with van der Waals surface area (Å²) in [5, 5.41) is 3.51. The third-order valence-electron chi connectivity index (χ3n) is 3.63. The fourth-order valence-corrected chi connectivity index (χ4v) is 2.44. The SMILES string of the molecule is Cn1cncc1CNc1ccccc1N1CCOCC1. The monoisotopic (exact) mass is 272 g/mol. The van der Waals surface area contributed by atoms with Crippen molar-refractivity contribution in [3.8, 4) is 0 Å². The summed E-state index contributed by atoms with van der Waals surface area (Å²) in [4.78, 5) is 6.51. The van der Waals surface area contributed by atoms with Gasteiger partial charge in [-0.15, -0.1) is 0 Å². The van der Waals surface area contributed by atoms with Gasteiger partial charge in [-0.1, -0.05) is 12.1 Å². The second-order valence-corrected chi connectivity index (χ2v) is 4.97. The van der Waals surface area contributed by atoms with Crippen molar-refractivity contribution in [3.63, 3.8) is 0 Å². The van der Waals surface area contributed by atoms with Crippen molar-refractivity contribution in [2.75, 3.05) is 36.5 Å². The highest BCUT2D eigenvalue weighted by molar-refractivity contribution is 5.70. The Hall–Kier alpha value is -2.01. The summed E-state index contributed by atoms with van der Waals surface area (Å²) >= 11 is 0. The molecule has 1 N–H and O–H groups in total. The van der Waals surface area contributed by atoms with Crippen molar-refractivity contribution in [1.29, 1.82) is 0 Å². The van der Waals surface area contributed by atoms with E-state index in [1.807, 2.05) is 24.1 Å². The van der Waals surface area contributed by atoms with Gasteiger partial charge in [-0.2, -0.15) is 0 Å². The van der Waals surface area contributed by atoms with Crippen LogP contribution in [0, 0.1) is 0 Å². The molecule has 1 aliphatic heterocycles. The van der Waals surface area contributed by atoms with Gasteiger partial charge in [-0.05, 0) is 12.1 Å². The first kappa shape index (κ1) is 13.0. The number of benzene rings is 1. The normalized spacial score (nSPS) is 15.3. The number of imidazole rings is 1. The molecule has 20 heavy (non-hydrogen) atoms. The highest BCUT2D eigenvalue weighted by Crippen LogP contribution is 2.26. The van der Waals surface area contributed by atoms with E-state index in [4.69, 9.17) is 4.74 Å². The van der Waals surface area contributed by atoms with Gasteiger partial charge >= 0.3 is 0 Å². The lowest BCUT2D eigenvalue weighted by Crippen LogP contribution is -2.36. The summed E-state index contributed by atoms with van der Waals surface area (Å²) < 4.78 is 7.45. The lowest BCUT2D eigenvalue weighted by Gasteiger charge is -2.30. The van der Waals surface area contributed by atoms with Crippen LogP contribution in [-0.4, -0.2) is 35.9 Å². The zero-order valence-electron chi connectivity index (χ0n) is 11.7. The molecule has 0 atom stereocenters. The minimum atomic E-state index is 0.776. The van der Waals surface area contributed by atoms with E-state index < -0.39 is 0 Å². The summed E-state index contributed by atoms with van der Waals surface area (Å²) in [7, 11) is 2.01. The number of hydrogen-bond acceptors (Lipinski definition) is 4. The maximum Gasteiger partial charge on any atom is 0.0946 e. The molecule has 0 amide bonds. The van der Waals surface area contributed by atoms with E-state index in [1.54, 1.807) is 0 Å². The fourth-order valence-electron chi connectivity index (χ4n) is 2.44. The van der Waals surface area contributed by atoms with Gasteiger partial charge in [0, 0.05) is 26.3 Å². The molecule has 106 valence electrons. The Bertz CT molecular complexity index is 561. The molecule has 0 spiro atoms. The van der Waals surface area contributed by atoms with Gasteiger partial charge in [0.1, 0.15) is 0 Å². The molecule has 3 rings (SSSR count). The van der Waals surface area contributed by atoms with Crippen LogP contribution in [0.2, 0.25) is 0 Å². The van der Waals surface area contributed by atoms with Gasteiger partial charge in [0.25, 0.3) is 0 Å². The zero-order chi connectivity index (χ0) is 13.8. The molecular formula is C15H20N4O. The van der Waals surface area contributed by atoms with E-state index in [-0.39, 0.29) is 0 Å². The average molecular weight is 272 g/mol. The van der Waals surface area contributed by atoms with E-state index in [1.165, 1.54) is 11.4 Å². The maximum absolute atomic E-state index is 5.42. The molecule has 0 unspecified atom stereocenters. The first-order chi connectivity index (χ1) is 9.84. The number of hydrogen-bond donors (Lipinski definition) is 1. The molecular weight excluding hydrogens is 252 g/mol. The highest BCUT2D eigenvalue weighted by atomic mass is 16.5. The molecule has 5 nitrogen and oxygen atoms in total. The third-order valence-corrected chi connectivity index (χ3v) is 3.63. The lowest BCUT2D eigenvalue weighted by atomic mass is 10.2. The molecule has 1 fully saturated rings. The molecule has 1 aromatic carbocycles. The third kappa shape index (κ3) is 2.77. The molecule has 2 heterocycles. The number of rotatable bonds is 4. The number of ether oxygens (including phenoxy) is 1. The molecule has 1 aliphatic rings. The topological polar surface area (TPSA) is 42.3 Å². The summed E-state index contributed by atoms with van der Waals surface area (Å²) in [6, 6.07) is 8.44. The van der Waals surface area contributed by atoms with Crippen LogP contribution in [0.25, 0.3) is 0 Å². The van der Waals surface area contributed by atoms with Crippen LogP contribution in [0.1, 0.15) is 5.69 Å². The fraction of sp³-hybridized carbons (Fsp3) is 0.400. The number of nitrogens with one attached hydrogen (secondary N) is 1. The standard InChI is InChI=1S/C15H20N4O/c1-18-12-16-10-13(18)11-17-14-4-2-3-5-15(14)19-6-8-20-9-7-19/h2-5,10,12,17H,6-9,11H2,1H3. The average Bonchev–Trinajstić information content (AvgIpc) is 2.92. The highest BCUT2D eigenvalue weighted by Gasteiger charge is 2.14. The largest absolute Gasteiger partial charge is 0.378 e.